The molecule has 0 bridgehead atoms. The number of para-hydroxylation sites is 1. The minimum atomic E-state index is -0.739. The second kappa shape index (κ2) is 7.98. The highest BCUT2D eigenvalue weighted by atomic mass is 19.1. The molecule has 0 aliphatic carbocycles. The summed E-state index contributed by atoms with van der Waals surface area (Å²) in [5.74, 6) is -0.666. The van der Waals surface area contributed by atoms with E-state index in [1.165, 1.54) is 4.90 Å². The van der Waals surface area contributed by atoms with Gasteiger partial charge in [0.05, 0.1) is 18.2 Å². The zero-order chi connectivity index (χ0) is 20.4. The van der Waals surface area contributed by atoms with Crippen molar-refractivity contribution in [3.8, 4) is 17.2 Å². The molecule has 1 aliphatic heterocycles. The molecule has 1 atom stereocenters. The summed E-state index contributed by atoms with van der Waals surface area (Å²) in [5.41, 5.74) is 0.410. The molecule has 2 heterocycles. The van der Waals surface area contributed by atoms with E-state index in [1.807, 2.05) is 18.2 Å². The molecule has 1 saturated heterocycles. The zero-order valence-electron chi connectivity index (χ0n) is 15.8. The lowest BCUT2D eigenvalue weighted by atomic mass is 9.96. The lowest BCUT2D eigenvalue weighted by molar-refractivity contribution is 0.0698. The van der Waals surface area contributed by atoms with Crippen LogP contribution in [0.15, 0.2) is 47.0 Å². The average molecular weight is 399 g/mol. The van der Waals surface area contributed by atoms with Crippen molar-refractivity contribution in [3.05, 3.63) is 65.5 Å². The third-order valence-electron chi connectivity index (χ3n) is 5.01. The van der Waals surface area contributed by atoms with Crippen LogP contribution in [0.1, 0.15) is 34.9 Å². The molecule has 0 N–H and O–H groups in total. The van der Waals surface area contributed by atoms with Gasteiger partial charge in [-0.2, -0.15) is 4.98 Å². The number of hydrogen-bond donors (Lipinski definition) is 0. The molecule has 4 rings (SSSR count). The van der Waals surface area contributed by atoms with Crippen LogP contribution in [-0.2, 0) is 0 Å². The first kappa shape index (κ1) is 19.0. The number of carbonyl (C=O) groups is 1. The number of aromatic nitrogens is 2. The summed E-state index contributed by atoms with van der Waals surface area (Å²) < 4.78 is 38.2. The van der Waals surface area contributed by atoms with E-state index < -0.39 is 17.5 Å². The fraction of sp³-hybridized carbons (Fsp3) is 0.286. The third-order valence-corrected chi connectivity index (χ3v) is 5.01. The van der Waals surface area contributed by atoms with E-state index in [0.29, 0.717) is 42.5 Å². The lowest BCUT2D eigenvalue weighted by Gasteiger charge is -2.31. The highest BCUT2D eigenvalue weighted by molar-refractivity contribution is 5.94. The summed E-state index contributed by atoms with van der Waals surface area (Å²) in [6.07, 6.45) is 1.46. The molecule has 0 saturated carbocycles. The van der Waals surface area contributed by atoms with Gasteiger partial charge in [0.2, 0.25) is 0 Å². The van der Waals surface area contributed by atoms with Crippen LogP contribution in [0.5, 0.6) is 5.75 Å². The predicted octanol–water partition coefficient (Wildman–Crippen LogP) is 4.04. The fourth-order valence-corrected chi connectivity index (χ4v) is 3.54. The van der Waals surface area contributed by atoms with Gasteiger partial charge in [-0.25, -0.2) is 8.78 Å². The Morgan fingerprint density at radius 2 is 2.07 bits per heavy atom. The number of carbonyl (C=O) groups excluding carboxylic acids is 1. The summed E-state index contributed by atoms with van der Waals surface area (Å²) in [7, 11) is 1.56. The number of halogens is 2. The quantitative estimate of drug-likeness (QED) is 0.662. The molecule has 0 unspecified atom stereocenters. The van der Waals surface area contributed by atoms with Gasteiger partial charge in [-0.3, -0.25) is 4.79 Å². The van der Waals surface area contributed by atoms with Crippen LogP contribution in [-0.4, -0.2) is 41.1 Å². The zero-order valence-corrected chi connectivity index (χ0v) is 15.8. The predicted molar refractivity (Wildman–Crippen MR) is 101 cm³/mol. The van der Waals surface area contributed by atoms with Crippen LogP contribution in [0.25, 0.3) is 11.5 Å². The Bertz CT molecular complexity index is 1040. The number of methoxy groups -OCH3 is 1. The molecule has 1 aromatic heterocycles. The van der Waals surface area contributed by atoms with Crippen molar-refractivity contribution in [2.24, 2.45) is 0 Å². The molecule has 1 amide bonds. The van der Waals surface area contributed by atoms with Gasteiger partial charge >= 0.3 is 0 Å². The number of amides is 1. The van der Waals surface area contributed by atoms with E-state index in [9.17, 15) is 13.6 Å². The highest BCUT2D eigenvalue weighted by Crippen LogP contribution is 2.31. The van der Waals surface area contributed by atoms with Crippen molar-refractivity contribution in [2.75, 3.05) is 20.2 Å². The minimum absolute atomic E-state index is 0.156. The SMILES string of the molecule is COc1ccccc1-c1nc([C@H]2CCCN(C(=O)c3cc(F)ccc3F)C2)no1. The number of rotatable bonds is 4. The number of hydrogen-bond acceptors (Lipinski definition) is 5. The van der Waals surface area contributed by atoms with E-state index in [1.54, 1.807) is 13.2 Å². The first-order valence-corrected chi connectivity index (χ1v) is 9.28. The number of nitrogens with zero attached hydrogens (tertiary/aromatic N) is 3. The van der Waals surface area contributed by atoms with Gasteiger partial charge < -0.3 is 14.2 Å². The Hall–Kier alpha value is -3.29. The van der Waals surface area contributed by atoms with Crippen LogP contribution in [0.3, 0.4) is 0 Å². The van der Waals surface area contributed by atoms with Gasteiger partial charge in [-0.1, -0.05) is 17.3 Å². The van der Waals surface area contributed by atoms with Gasteiger partial charge in [-0.15, -0.1) is 0 Å². The van der Waals surface area contributed by atoms with E-state index >= 15 is 0 Å². The number of piperidine rings is 1. The van der Waals surface area contributed by atoms with Crippen molar-refractivity contribution in [3.63, 3.8) is 0 Å². The Morgan fingerprint density at radius 3 is 2.90 bits per heavy atom. The van der Waals surface area contributed by atoms with Gasteiger partial charge in [0.1, 0.15) is 17.4 Å². The molecular weight excluding hydrogens is 380 g/mol. The van der Waals surface area contributed by atoms with Crippen LogP contribution in [0.2, 0.25) is 0 Å². The maximum Gasteiger partial charge on any atom is 0.261 e. The topological polar surface area (TPSA) is 68.5 Å². The maximum atomic E-state index is 14.0. The molecular formula is C21H19F2N3O3. The summed E-state index contributed by atoms with van der Waals surface area (Å²) in [4.78, 5) is 18.7. The summed E-state index contributed by atoms with van der Waals surface area (Å²) in [5, 5.41) is 4.08. The molecule has 3 aromatic rings. The summed E-state index contributed by atoms with van der Waals surface area (Å²) in [6.45, 7) is 0.766. The number of likely N-dealkylation sites (tertiary alicyclic amines) is 1. The van der Waals surface area contributed by atoms with Gasteiger partial charge in [0.25, 0.3) is 11.8 Å². The summed E-state index contributed by atoms with van der Waals surface area (Å²) in [6, 6.07) is 10.2. The van der Waals surface area contributed by atoms with Crippen LogP contribution in [0, 0.1) is 11.6 Å². The van der Waals surface area contributed by atoms with E-state index in [4.69, 9.17) is 9.26 Å². The molecule has 6 nitrogen and oxygen atoms in total. The van der Waals surface area contributed by atoms with Gasteiger partial charge in [0, 0.05) is 19.0 Å². The summed E-state index contributed by atoms with van der Waals surface area (Å²) >= 11 is 0. The molecule has 150 valence electrons. The van der Waals surface area contributed by atoms with Crippen molar-refractivity contribution in [2.45, 2.75) is 18.8 Å². The highest BCUT2D eigenvalue weighted by Gasteiger charge is 2.30. The second-order valence-electron chi connectivity index (χ2n) is 6.87. The lowest BCUT2D eigenvalue weighted by Crippen LogP contribution is -2.39. The normalized spacial score (nSPS) is 16.7. The largest absolute Gasteiger partial charge is 0.496 e. The standard InChI is InChI=1S/C21H19F2N3O3/c1-28-18-7-3-2-6-15(18)20-24-19(25-29-20)13-5-4-10-26(12-13)21(27)16-11-14(22)8-9-17(16)23/h2-3,6-9,11,13H,4-5,10,12H2,1H3/t13-/m0/s1. The van der Waals surface area contributed by atoms with Crippen molar-refractivity contribution < 1.29 is 22.8 Å². The average Bonchev–Trinajstić information content (AvgIpc) is 3.25. The Balaban J connectivity index is 1.54. The number of ether oxygens (including phenoxy) is 1. The Kier molecular flexibility index (Phi) is 5.24. The number of benzene rings is 2. The molecule has 2 aromatic carbocycles. The van der Waals surface area contributed by atoms with Gasteiger partial charge in [0.15, 0.2) is 5.82 Å². The van der Waals surface area contributed by atoms with Crippen molar-refractivity contribution >= 4 is 5.91 Å². The molecule has 1 fully saturated rings. The molecule has 0 radical (unpaired) electrons. The van der Waals surface area contributed by atoms with Crippen LogP contribution < -0.4 is 4.74 Å². The Morgan fingerprint density at radius 1 is 1.24 bits per heavy atom. The molecule has 29 heavy (non-hydrogen) atoms. The van der Waals surface area contributed by atoms with Crippen molar-refractivity contribution in [1.82, 2.24) is 15.0 Å². The van der Waals surface area contributed by atoms with Crippen LogP contribution >= 0.6 is 0 Å². The molecule has 1 aliphatic rings. The van der Waals surface area contributed by atoms with Gasteiger partial charge in [-0.05, 0) is 43.2 Å². The first-order chi connectivity index (χ1) is 14.1. The van der Waals surface area contributed by atoms with Crippen molar-refractivity contribution in [1.29, 1.82) is 0 Å². The molecule has 8 heteroatoms. The molecule has 0 spiro atoms. The smallest absolute Gasteiger partial charge is 0.261 e. The Labute approximate surface area is 166 Å². The second-order valence-corrected chi connectivity index (χ2v) is 6.87. The van der Waals surface area contributed by atoms with E-state index in [0.717, 1.165) is 24.6 Å². The van der Waals surface area contributed by atoms with E-state index in [-0.39, 0.29) is 11.5 Å². The maximum absolute atomic E-state index is 14.0. The van der Waals surface area contributed by atoms with Crippen LogP contribution in [0.4, 0.5) is 8.78 Å². The van der Waals surface area contributed by atoms with E-state index in [2.05, 4.69) is 10.1 Å². The first-order valence-electron chi connectivity index (χ1n) is 9.28. The minimum Gasteiger partial charge on any atom is -0.496 e. The monoisotopic (exact) mass is 399 g/mol. The fourth-order valence-electron chi connectivity index (χ4n) is 3.54. The third kappa shape index (κ3) is 3.83.